The molecule has 0 amide bonds. The van der Waals surface area contributed by atoms with Gasteiger partial charge in [-0.3, -0.25) is 9.67 Å². The van der Waals surface area contributed by atoms with Gasteiger partial charge in [0.25, 0.3) is 0 Å². The van der Waals surface area contributed by atoms with Crippen LogP contribution in [0.5, 0.6) is 0 Å². The van der Waals surface area contributed by atoms with Crippen molar-refractivity contribution in [2.45, 2.75) is 39.7 Å². The molecule has 4 heteroatoms. The van der Waals surface area contributed by atoms with Crippen LogP contribution in [0.25, 0.3) is 0 Å². The van der Waals surface area contributed by atoms with Gasteiger partial charge >= 0.3 is 0 Å². The molecule has 0 atom stereocenters. The summed E-state index contributed by atoms with van der Waals surface area (Å²) in [5.41, 5.74) is 2.35. The zero-order chi connectivity index (χ0) is 11.4. The Balaban J connectivity index is 1.69. The number of aromatic nitrogens is 2. The second-order valence-electron chi connectivity index (χ2n) is 4.36. The van der Waals surface area contributed by atoms with Crippen molar-refractivity contribution in [3.05, 3.63) is 17.5 Å². The van der Waals surface area contributed by atoms with E-state index < -0.39 is 0 Å². The Kier molecular flexibility index (Phi) is 3.59. The predicted octanol–water partition coefficient (Wildman–Crippen LogP) is 1.67. The van der Waals surface area contributed by atoms with Crippen molar-refractivity contribution in [3.8, 4) is 0 Å². The number of rotatable bonds is 4. The molecule has 0 unspecified atom stereocenters. The molecule has 0 aromatic carbocycles. The van der Waals surface area contributed by atoms with Gasteiger partial charge < -0.3 is 5.32 Å². The minimum absolute atomic E-state index is 0.986. The molecular weight excluding hydrogens is 200 g/mol. The van der Waals surface area contributed by atoms with Gasteiger partial charge in [-0.05, 0) is 32.8 Å². The first-order valence-electron chi connectivity index (χ1n) is 6.04. The Bertz CT molecular complexity index is 378. The lowest BCUT2D eigenvalue weighted by molar-refractivity contribution is 0.557. The number of hydrogen-bond acceptors (Lipinski definition) is 3. The van der Waals surface area contributed by atoms with Crippen molar-refractivity contribution < 1.29 is 0 Å². The molecule has 0 bridgehead atoms. The molecule has 0 saturated carbocycles. The first-order valence-corrected chi connectivity index (χ1v) is 6.04. The Labute approximate surface area is 96.8 Å². The molecule has 0 aliphatic carbocycles. The summed E-state index contributed by atoms with van der Waals surface area (Å²) in [6.07, 6.45) is 3.43. The first-order chi connectivity index (χ1) is 7.75. The standard InChI is InChI=1S/C12H20N4/c1-10-9-11(2)16(15-10)8-4-7-14-12-5-3-6-13-12/h9H,3-8H2,1-2H3,(H,13,14). The summed E-state index contributed by atoms with van der Waals surface area (Å²) in [4.78, 5) is 4.39. The highest BCUT2D eigenvalue weighted by Crippen LogP contribution is 2.03. The average Bonchev–Trinajstić information content (AvgIpc) is 2.84. The molecule has 0 saturated heterocycles. The van der Waals surface area contributed by atoms with Crippen LogP contribution in [-0.2, 0) is 6.54 Å². The van der Waals surface area contributed by atoms with Crippen LogP contribution in [0.4, 0.5) is 0 Å². The Morgan fingerprint density at radius 2 is 2.31 bits per heavy atom. The average molecular weight is 220 g/mol. The summed E-state index contributed by atoms with van der Waals surface area (Å²) in [5, 5.41) is 7.83. The van der Waals surface area contributed by atoms with E-state index in [0.717, 1.165) is 38.2 Å². The van der Waals surface area contributed by atoms with E-state index in [1.54, 1.807) is 0 Å². The zero-order valence-electron chi connectivity index (χ0n) is 10.2. The lowest BCUT2D eigenvalue weighted by atomic mass is 10.3. The number of aryl methyl sites for hydroxylation is 3. The maximum atomic E-state index is 4.44. The van der Waals surface area contributed by atoms with Gasteiger partial charge in [-0.1, -0.05) is 0 Å². The molecule has 4 nitrogen and oxygen atoms in total. The van der Waals surface area contributed by atoms with Crippen molar-refractivity contribution in [1.82, 2.24) is 15.1 Å². The Morgan fingerprint density at radius 1 is 1.44 bits per heavy atom. The highest BCUT2D eigenvalue weighted by Gasteiger charge is 2.05. The molecule has 0 spiro atoms. The highest BCUT2D eigenvalue weighted by atomic mass is 15.3. The molecule has 0 radical (unpaired) electrons. The summed E-state index contributed by atoms with van der Waals surface area (Å²) in [6, 6.07) is 2.12. The zero-order valence-corrected chi connectivity index (χ0v) is 10.2. The first kappa shape index (κ1) is 11.2. The van der Waals surface area contributed by atoms with Gasteiger partial charge in [0.1, 0.15) is 0 Å². The number of aliphatic imine (C=N–C) groups is 1. The quantitative estimate of drug-likeness (QED) is 0.784. The summed E-state index contributed by atoms with van der Waals surface area (Å²) >= 11 is 0. The van der Waals surface area contributed by atoms with E-state index in [1.165, 1.54) is 18.0 Å². The van der Waals surface area contributed by atoms with Crippen molar-refractivity contribution >= 4 is 5.84 Å². The van der Waals surface area contributed by atoms with Gasteiger partial charge in [-0.2, -0.15) is 5.10 Å². The lowest BCUT2D eigenvalue weighted by Gasteiger charge is -2.06. The van der Waals surface area contributed by atoms with Crippen LogP contribution in [0.3, 0.4) is 0 Å². The molecule has 2 heterocycles. The third-order valence-electron chi connectivity index (χ3n) is 2.85. The summed E-state index contributed by atoms with van der Waals surface area (Å²) < 4.78 is 2.08. The molecule has 1 aromatic heterocycles. The summed E-state index contributed by atoms with van der Waals surface area (Å²) in [6.45, 7) is 7.13. The third-order valence-corrected chi connectivity index (χ3v) is 2.85. The number of nitrogens with one attached hydrogen (secondary N) is 1. The van der Waals surface area contributed by atoms with E-state index in [2.05, 4.69) is 33.1 Å². The van der Waals surface area contributed by atoms with Crippen LogP contribution >= 0.6 is 0 Å². The fourth-order valence-corrected chi connectivity index (χ4v) is 2.05. The third kappa shape index (κ3) is 2.84. The minimum atomic E-state index is 0.986. The molecule has 16 heavy (non-hydrogen) atoms. The second-order valence-corrected chi connectivity index (χ2v) is 4.36. The summed E-state index contributed by atoms with van der Waals surface area (Å²) in [7, 11) is 0. The van der Waals surface area contributed by atoms with Crippen LogP contribution in [0, 0.1) is 13.8 Å². The van der Waals surface area contributed by atoms with Gasteiger partial charge in [0.2, 0.25) is 0 Å². The van der Waals surface area contributed by atoms with Crippen LogP contribution < -0.4 is 5.32 Å². The van der Waals surface area contributed by atoms with Crippen molar-refractivity contribution in [2.24, 2.45) is 4.99 Å². The summed E-state index contributed by atoms with van der Waals surface area (Å²) in [5.74, 6) is 1.19. The van der Waals surface area contributed by atoms with Crippen molar-refractivity contribution in [3.63, 3.8) is 0 Å². The maximum Gasteiger partial charge on any atom is 0.0963 e. The molecular formula is C12H20N4. The Morgan fingerprint density at radius 3 is 2.94 bits per heavy atom. The predicted molar refractivity (Wildman–Crippen MR) is 65.9 cm³/mol. The van der Waals surface area contributed by atoms with Crippen LogP contribution in [-0.4, -0.2) is 28.7 Å². The molecule has 1 N–H and O–H groups in total. The maximum absolute atomic E-state index is 4.44. The molecule has 1 aliphatic heterocycles. The minimum Gasteiger partial charge on any atom is -0.374 e. The van der Waals surface area contributed by atoms with Crippen LogP contribution in [0.15, 0.2) is 11.1 Å². The molecule has 88 valence electrons. The van der Waals surface area contributed by atoms with Gasteiger partial charge in [0, 0.05) is 31.7 Å². The number of nitrogens with zero attached hydrogens (tertiary/aromatic N) is 3. The van der Waals surface area contributed by atoms with Crippen molar-refractivity contribution in [1.29, 1.82) is 0 Å². The normalized spacial score (nSPS) is 15.2. The highest BCUT2D eigenvalue weighted by molar-refractivity contribution is 5.83. The molecule has 0 fully saturated rings. The van der Waals surface area contributed by atoms with E-state index in [-0.39, 0.29) is 0 Å². The number of hydrogen-bond donors (Lipinski definition) is 1. The van der Waals surface area contributed by atoms with E-state index in [1.807, 2.05) is 6.92 Å². The van der Waals surface area contributed by atoms with Gasteiger partial charge in [-0.15, -0.1) is 0 Å². The van der Waals surface area contributed by atoms with Crippen molar-refractivity contribution in [2.75, 3.05) is 13.1 Å². The van der Waals surface area contributed by atoms with E-state index in [0.29, 0.717) is 0 Å². The lowest BCUT2D eigenvalue weighted by Crippen LogP contribution is -2.23. The largest absolute Gasteiger partial charge is 0.374 e. The van der Waals surface area contributed by atoms with Crippen LogP contribution in [0.2, 0.25) is 0 Å². The topological polar surface area (TPSA) is 42.2 Å². The SMILES string of the molecule is Cc1cc(C)n(CCCNC2=NCCC2)n1. The monoisotopic (exact) mass is 220 g/mol. The van der Waals surface area contributed by atoms with Gasteiger partial charge in [-0.25, -0.2) is 0 Å². The van der Waals surface area contributed by atoms with E-state index in [4.69, 9.17) is 0 Å². The fourth-order valence-electron chi connectivity index (χ4n) is 2.05. The van der Waals surface area contributed by atoms with Gasteiger partial charge in [0.05, 0.1) is 11.5 Å². The molecule has 1 aliphatic rings. The van der Waals surface area contributed by atoms with E-state index in [9.17, 15) is 0 Å². The Hall–Kier alpha value is -1.32. The molecule has 2 rings (SSSR count). The fraction of sp³-hybridized carbons (Fsp3) is 0.667. The van der Waals surface area contributed by atoms with Crippen LogP contribution in [0.1, 0.15) is 30.7 Å². The smallest absolute Gasteiger partial charge is 0.0963 e. The second kappa shape index (κ2) is 5.14. The molecule has 1 aromatic rings. The number of amidine groups is 1. The van der Waals surface area contributed by atoms with Gasteiger partial charge in [0.15, 0.2) is 0 Å². The van der Waals surface area contributed by atoms with E-state index >= 15 is 0 Å².